The molecule has 2 heteroatoms. The summed E-state index contributed by atoms with van der Waals surface area (Å²) in [5, 5.41) is 3.95. The van der Waals surface area contributed by atoms with E-state index in [4.69, 9.17) is 0 Å². The summed E-state index contributed by atoms with van der Waals surface area (Å²) in [7, 11) is 0. The van der Waals surface area contributed by atoms with Crippen molar-refractivity contribution in [2.75, 3.05) is 11.5 Å². The first-order chi connectivity index (χ1) is 7.29. The molecule has 0 aromatic rings. The zero-order chi connectivity index (χ0) is 10.6. The van der Waals surface area contributed by atoms with E-state index in [1.165, 1.54) is 62.9 Å². The van der Waals surface area contributed by atoms with E-state index in [2.05, 4.69) is 24.0 Å². The predicted molar refractivity (Wildman–Crippen MR) is 69.6 cm³/mol. The van der Waals surface area contributed by atoms with Crippen LogP contribution in [0, 0.1) is 0 Å². The fourth-order valence-electron chi connectivity index (χ4n) is 3.00. The van der Waals surface area contributed by atoms with Crippen molar-refractivity contribution >= 4 is 11.8 Å². The molecule has 0 bridgehead atoms. The lowest BCUT2D eigenvalue weighted by molar-refractivity contribution is 0.275. The van der Waals surface area contributed by atoms with Gasteiger partial charge in [-0.2, -0.15) is 11.8 Å². The molecule has 15 heavy (non-hydrogen) atoms. The summed E-state index contributed by atoms with van der Waals surface area (Å²) < 4.78 is 0. The predicted octanol–water partition coefficient (Wildman–Crippen LogP) is 3.58. The third kappa shape index (κ3) is 3.67. The minimum absolute atomic E-state index is 0.457. The van der Waals surface area contributed by atoms with E-state index >= 15 is 0 Å². The molecule has 0 aromatic carbocycles. The highest BCUT2D eigenvalue weighted by molar-refractivity contribution is 7.99. The van der Waals surface area contributed by atoms with Crippen molar-refractivity contribution in [1.82, 2.24) is 5.32 Å². The van der Waals surface area contributed by atoms with Crippen molar-refractivity contribution in [2.24, 2.45) is 0 Å². The van der Waals surface area contributed by atoms with Gasteiger partial charge >= 0.3 is 0 Å². The van der Waals surface area contributed by atoms with Gasteiger partial charge in [0.2, 0.25) is 0 Å². The molecule has 1 aliphatic heterocycles. The minimum atomic E-state index is 0.457. The van der Waals surface area contributed by atoms with Crippen molar-refractivity contribution in [2.45, 2.75) is 69.9 Å². The van der Waals surface area contributed by atoms with E-state index in [9.17, 15) is 0 Å². The Kier molecular flexibility index (Phi) is 4.39. The normalized spacial score (nSPS) is 32.2. The molecule has 2 aliphatic rings. The highest BCUT2D eigenvalue weighted by Gasteiger charge is 2.28. The van der Waals surface area contributed by atoms with Crippen LogP contribution in [-0.2, 0) is 0 Å². The van der Waals surface area contributed by atoms with Crippen LogP contribution in [-0.4, -0.2) is 23.1 Å². The highest BCUT2D eigenvalue weighted by atomic mass is 32.2. The molecule has 1 aliphatic carbocycles. The van der Waals surface area contributed by atoms with E-state index in [0.717, 1.165) is 6.04 Å². The summed E-state index contributed by atoms with van der Waals surface area (Å²) in [6.07, 6.45) is 11.4. The zero-order valence-electron chi connectivity index (χ0n) is 10.1. The number of rotatable bonds is 2. The van der Waals surface area contributed by atoms with Crippen molar-refractivity contribution < 1.29 is 0 Å². The van der Waals surface area contributed by atoms with Gasteiger partial charge in [-0.3, -0.25) is 0 Å². The third-order valence-corrected chi connectivity index (χ3v) is 5.14. The second kappa shape index (κ2) is 5.58. The van der Waals surface area contributed by atoms with Gasteiger partial charge in [0.1, 0.15) is 0 Å². The molecule has 0 aromatic heterocycles. The van der Waals surface area contributed by atoms with Crippen molar-refractivity contribution in [3.63, 3.8) is 0 Å². The molecule has 2 rings (SSSR count). The van der Waals surface area contributed by atoms with Crippen LogP contribution in [0.2, 0.25) is 0 Å². The van der Waals surface area contributed by atoms with Crippen LogP contribution in [0.3, 0.4) is 0 Å². The highest BCUT2D eigenvalue weighted by Crippen LogP contribution is 2.29. The maximum Gasteiger partial charge on any atom is 0.0163 e. The molecule has 1 saturated carbocycles. The maximum absolute atomic E-state index is 3.95. The van der Waals surface area contributed by atoms with Gasteiger partial charge in [-0.25, -0.2) is 0 Å². The van der Waals surface area contributed by atoms with Crippen LogP contribution in [0.25, 0.3) is 0 Å². The number of nitrogens with one attached hydrogen (secondary N) is 1. The fraction of sp³-hybridized carbons (Fsp3) is 1.00. The first kappa shape index (κ1) is 11.8. The van der Waals surface area contributed by atoms with Gasteiger partial charge in [-0.15, -0.1) is 0 Å². The molecule has 0 amide bonds. The van der Waals surface area contributed by atoms with E-state index < -0.39 is 0 Å². The molecular formula is C13H25NS. The van der Waals surface area contributed by atoms with E-state index in [1.807, 2.05) is 0 Å². The molecule has 1 nitrogen and oxygen atoms in total. The Morgan fingerprint density at radius 1 is 1.07 bits per heavy atom. The first-order valence-electron chi connectivity index (χ1n) is 6.64. The number of hydrogen-bond acceptors (Lipinski definition) is 2. The second-order valence-corrected chi connectivity index (χ2v) is 6.68. The lowest BCUT2D eigenvalue weighted by atomic mass is 9.91. The Balaban J connectivity index is 1.83. The molecule has 1 N–H and O–H groups in total. The van der Waals surface area contributed by atoms with Crippen molar-refractivity contribution in [3.05, 3.63) is 0 Å². The number of thioether (sulfide) groups is 1. The van der Waals surface area contributed by atoms with Crippen LogP contribution in [0.1, 0.15) is 58.3 Å². The summed E-state index contributed by atoms with van der Waals surface area (Å²) in [5.41, 5.74) is 0.457. The lowest BCUT2D eigenvalue weighted by Crippen LogP contribution is -2.49. The van der Waals surface area contributed by atoms with Crippen molar-refractivity contribution in [1.29, 1.82) is 0 Å². The topological polar surface area (TPSA) is 12.0 Å². The Morgan fingerprint density at radius 3 is 2.40 bits per heavy atom. The SMILES string of the molecule is CC1(NC2CCCSC2)CCCCCC1. The van der Waals surface area contributed by atoms with Crippen LogP contribution < -0.4 is 5.32 Å². The summed E-state index contributed by atoms with van der Waals surface area (Å²) in [5.74, 6) is 2.73. The van der Waals surface area contributed by atoms with Gasteiger partial charge < -0.3 is 5.32 Å². The van der Waals surface area contributed by atoms with E-state index in [1.54, 1.807) is 0 Å². The van der Waals surface area contributed by atoms with Gasteiger partial charge in [-0.05, 0) is 38.4 Å². The first-order valence-corrected chi connectivity index (χ1v) is 7.79. The molecule has 0 spiro atoms. The number of hydrogen-bond donors (Lipinski definition) is 1. The van der Waals surface area contributed by atoms with Gasteiger partial charge in [-0.1, -0.05) is 25.7 Å². The van der Waals surface area contributed by atoms with Gasteiger partial charge in [0, 0.05) is 17.3 Å². The molecule has 2 fully saturated rings. The summed E-state index contributed by atoms with van der Waals surface area (Å²) in [4.78, 5) is 0. The van der Waals surface area contributed by atoms with Crippen molar-refractivity contribution in [3.8, 4) is 0 Å². The summed E-state index contributed by atoms with van der Waals surface area (Å²) >= 11 is 2.13. The van der Waals surface area contributed by atoms with Crippen LogP contribution >= 0.6 is 11.8 Å². The standard InChI is InChI=1S/C13H25NS/c1-13(8-4-2-3-5-9-13)14-12-7-6-10-15-11-12/h12,14H,2-11H2,1H3. The second-order valence-electron chi connectivity index (χ2n) is 5.53. The average molecular weight is 227 g/mol. The van der Waals surface area contributed by atoms with Gasteiger partial charge in [0.05, 0.1) is 0 Å². The Morgan fingerprint density at radius 2 is 1.80 bits per heavy atom. The van der Waals surface area contributed by atoms with Gasteiger partial charge in [0.15, 0.2) is 0 Å². The Bertz CT molecular complexity index is 179. The quantitative estimate of drug-likeness (QED) is 0.724. The molecule has 0 radical (unpaired) electrons. The molecule has 1 atom stereocenters. The minimum Gasteiger partial charge on any atom is -0.308 e. The summed E-state index contributed by atoms with van der Waals surface area (Å²) in [6.45, 7) is 2.46. The fourth-order valence-corrected chi connectivity index (χ4v) is 4.07. The zero-order valence-corrected chi connectivity index (χ0v) is 10.9. The molecule has 1 heterocycles. The monoisotopic (exact) mass is 227 g/mol. The molecule has 1 unspecified atom stereocenters. The molecule has 88 valence electrons. The Hall–Kier alpha value is 0.310. The van der Waals surface area contributed by atoms with Crippen LogP contribution in [0.5, 0.6) is 0 Å². The largest absolute Gasteiger partial charge is 0.308 e. The van der Waals surface area contributed by atoms with Gasteiger partial charge in [0.25, 0.3) is 0 Å². The van der Waals surface area contributed by atoms with Crippen LogP contribution in [0.4, 0.5) is 0 Å². The summed E-state index contributed by atoms with van der Waals surface area (Å²) in [6, 6.07) is 0.798. The Labute approximate surface area is 98.8 Å². The maximum atomic E-state index is 3.95. The smallest absolute Gasteiger partial charge is 0.0163 e. The van der Waals surface area contributed by atoms with Crippen LogP contribution in [0.15, 0.2) is 0 Å². The lowest BCUT2D eigenvalue weighted by Gasteiger charge is -2.36. The van der Waals surface area contributed by atoms with E-state index in [-0.39, 0.29) is 0 Å². The average Bonchev–Trinajstić information content (AvgIpc) is 2.45. The molecular weight excluding hydrogens is 202 g/mol. The van der Waals surface area contributed by atoms with E-state index in [0.29, 0.717) is 5.54 Å². The molecule has 1 saturated heterocycles. The third-order valence-electron chi connectivity index (χ3n) is 3.92.